The highest BCUT2D eigenvalue weighted by molar-refractivity contribution is 6.34. The molecule has 1 heterocycles. The molecular weight excluding hydrogens is 312 g/mol. The van der Waals surface area contributed by atoms with Crippen LogP contribution in [0.25, 0.3) is 0 Å². The Labute approximate surface area is 141 Å². The van der Waals surface area contributed by atoms with Crippen LogP contribution in [0.2, 0.25) is 5.02 Å². The Morgan fingerprint density at radius 3 is 2.48 bits per heavy atom. The van der Waals surface area contributed by atoms with Crippen LogP contribution in [0.4, 0.5) is 11.6 Å². The van der Waals surface area contributed by atoms with Gasteiger partial charge >= 0.3 is 0 Å². The quantitative estimate of drug-likeness (QED) is 0.860. The number of aryl methyl sites for hydroxylation is 2. The second kappa shape index (κ2) is 7.42. The molecular formula is C17H21ClN4O. The number of hydrogen-bond acceptors (Lipinski definition) is 4. The van der Waals surface area contributed by atoms with Crippen molar-refractivity contribution in [3.63, 3.8) is 0 Å². The lowest BCUT2D eigenvalue weighted by molar-refractivity contribution is 0.102. The molecule has 1 unspecified atom stereocenters. The van der Waals surface area contributed by atoms with Gasteiger partial charge in [0.25, 0.3) is 5.91 Å². The van der Waals surface area contributed by atoms with Crippen LogP contribution in [-0.2, 0) is 0 Å². The minimum atomic E-state index is -0.283. The van der Waals surface area contributed by atoms with Crippen LogP contribution in [0.1, 0.15) is 41.8 Å². The van der Waals surface area contributed by atoms with Gasteiger partial charge < -0.3 is 10.6 Å². The summed E-state index contributed by atoms with van der Waals surface area (Å²) in [6.45, 7) is 7.99. The van der Waals surface area contributed by atoms with Crippen LogP contribution in [0.3, 0.4) is 0 Å². The van der Waals surface area contributed by atoms with Gasteiger partial charge in [0.05, 0.1) is 16.3 Å². The molecule has 1 amide bonds. The maximum Gasteiger partial charge on any atom is 0.258 e. The lowest BCUT2D eigenvalue weighted by Gasteiger charge is -2.12. The van der Waals surface area contributed by atoms with Crippen molar-refractivity contribution in [3.8, 4) is 0 Å². The van der Waals surface area contributed by atoms with E-state index in [-0.39, 0.29) is 11.9 Å². The molecule has 6 heteroatoms. The van der Waals surface area contributed by atoms with Crippen molar-refractivity contribution in [2.24, 2.45) is 0 Å². The van der Waals surface area contributed by atoms with Crippen molar-refractivity contribution in [2.45, 2.75) is 40.2 Å². The van der Waals surface area contributed by atoms with E-state index in [0.29, 0.717) is 22.2 Å². The van der Waals surface area contributed by atoms with Crippen molar-refractivity contribution in [1.29, 1.82) is 0 Å². The highest BCUT2D eigenvalue weighted by atomic mass is 35.5. The number of anilines is 2. The van der Waals surface area contributed by atoms with E-state index in [2.05, 4.69) is 27.5 Å². The summed E-state index contributed by atoms with van der Waals surface area (Å²) in [4.78, 5) is 20.7. The standard InChI is InChI=1S/C17H21ClN4O/c1-5-12(4)21-17-19-8-13(9-20-17)16(23)22-15-11(3)6-10(2)7-14(15)18/h6-9,12H,5H2,1-4H3,(H,22,23)(H,19,20,21). The molecule has 0 aliphatic carbocycles. The molecule has 0 aliphatic rings. The first-order valence-electron chi connectivity index (χ1n) is 7.57. The van der Waals surface area contributed by atoms with E-state index in [9.17, 15) is 4.79 Å². The molecule has 0 spiro atoms. The largest absolute Gasteiger partial charge is 0.352 e. The van der Waals surface area contributed by atoms with E-state index >= 15 is 0 Å². The highest BCUT2D eigenvalue weighted by Gasteiger charge is 2.12. The van der Waals surface area contributed by atoms with Crippen LogP contribution in [0, 0.1) is 13.8 Å². The maximum atomic E-state index is 12.3. The fraction of sp³-hybridized carbons (Fsp3) is 0.353. The Morgan fingerprint density at radius 2 is 1.91 bits per heavy atom. The molecule has 1 atom stereocenters. The fourth-order valence-electron chi connectivity index (χ4n) is 2.10. The molecule has 0 saturated carbocycles. The summed E-state index contributed by atoms with van der Waals surface area (Å²) in [5.41, 5.74) is 2.97. The molecule has 0 radical (unpaired) electrons. The van der Waals surface area contributed by atoms with Gasteiger partial charge in [0.15, 0.2) is 0 Å². The molecule has 1 aromatic carbocycles. The Morgan fingerprint density at radius 1 is 1.26 bits per heavy atom. The zero-order valence-corrected chi connectivity index (χ0v) is 14.5. The third-order valence-electron chi connectivity index (χ3n) is 3.57. The molecule has 2 rings (SSSR count). The molecule has 5 nitrogen and oxygen atoms in total. The Balaban J connectivity index is 2.12. The van der Waals surface area contributed by atoms with Crippen LogP contribution >= 0.6 is 11.6 Å². The Bertz CT molecular complexity index is 677. The lowest BCUT2D eigenvalue weighted by Crippen LogP contribution is -2.17. The number of rotatable bonds is 5. The minimum absolute atomic E-state index is 0.281. The van der Waals surface area contributed by atoms with Crippen molar-refractivity contribution in [3.05, 3.63) is 46.2 Å². The monoisotopic (exact) mass is 332 g/mol. The first-order chi connectivity index (χ1) is 10.9. The molecule has 0 fully saturated rings. The minimum Gasteiger partial charge on any atom is -0.352 e. The Kier molecular flexibility index (Phi) is 5.55. The number of aromatic nitrogens is 2. The molecule has 2 aromatic rings. The molecule has 0 aliphatic heterocycles. The lowest BCUT2D eigenvalue weighted by atomic mass is 10.1. The zero-order chi connectivity index (χ0) is 17.0. The number of nitrogens with one attached hydrogen (secondary N) is 2. The van der Waals surface area contributed by atoms with Gasteiger partial charge in [-0.15, -0.1) is 0 Å². The number of carbonyl (C=O) groups is 1. The van der Waals surface area contributed by atoms with Crippen molar-refractivity contribution in [2.75, 3.05) is 10.6 Å². The zero-order valence-electron chi connectivity index (χ0n) is 13.8. The predicted molar refractivity (Wildman–Crippen MR) is 94.3 cm³/mol. The van der Waals surface area contributed by atoms with E-state index < -0.39 is 0 Å². The molecule has 0 bridgehead atoms. The molecule has 1 aromatic heterocycles. The SMILES string of the molecule is CCC(C)Nc1ncc(C(=O)Nc2c(C)cc(C)cc2Cl)cn1. The van der Waals surface area contributed by atoms with Crippen LogP contribution in [0.15, 0.2) is 24.5 Å². The van der Waals surface area contributed by atoms with Gasteiger partial charge in [-0.05, 0) is 44.4 Å². The van der Waals surface area contributed by atoms with E-state index in [4.69, 9.17) is 11.6 Å². The van der Waals surface area contributed by atoms with E-state index in [1.54, 1.807) is 0 Å². The van der Waals surface area contributed by atoms with Crippen molar-refractivity contribution < 1.29 is 4.79 Å². The number of carbonyl (C=O) groups excluding carboxylic acids is 1. The maximum absolute atomic E-state index is 12.3. The van der Waals surface area contributed by atoms with Gasteiger partial charge in [-0.3, -0.25) is 4.79 Å². The van der Waals surface area contributed by atoms with Crippen LogP contribution in [0.5, 0.6) is 0 Å². The summed E-state index contributed by atoms with van der Waals surface area (Å²) in [6, 6.07) is 4.07. The average molecular weight is 333 g/mol. The summed E-state index contributed by atoms with van der Waals surface area (Å²) < 4.78 is 0. The second-order valence-corrected chi connectivity index (χ2v) is 6.05. The van der Waals surface area contributed by atoms with E-state index in [1.165, 1.54) is 12.4 Å². The van der Waals surface area contributed by atoms with Gasteiger partial charge in [-0.2, -0.15) is 0 Å². The van der Waals surface area contributed by atoms with Crippen LogP contribution in [-0.4, -0.2) is 21.9 Å². The van der Waals surface area contributed by atoms with Gasteiger partial charge in [-0.1, -0.05) is 24.6 Å². The Hall–Kier alpha value is -2.14. The topological polar surface area (TPSA) is 66.9 Å². The van der Waals surface area contributed by atoms with Crippen molar-refractivity contribution in [1.82, 2.24) is 9.97 Å². The summed E-state index contributed by atoms with van der Waals surface area (Å²) in [6.07, 6.45) is 3.98. The van der Waals surface area contributed by atoms with Crippen molar-refractivity contribution >= 4 is 29.1 Å². The number of nitrogens with zero attached hydrogens (tertiary/aromatic N) is 2. The van der Waals surface area contributed by atoms with E-state index in [1.807, 2.05) is 32.9 Å². The number of amides is 1. The number of benzene rings is 1. The summed E-state index contributed by atoms with van der Waals surface area (Å²) >= 11 is 6.21. The third kappa shape index (κ3) is 4.42. The average Bonchev–Trinajstić information content (AvgIpc) is 2.51. The number of halogens is 1. The van der Waals surface area contributed by atoms with Gasteiger partial charge in [0, 0.05) is 18.4 Å². The summed E-state index contributed by atoms with van der Waals surface area (Å²) in [5.74, 6) is 0.231. The first-order valence-corrected chi connectivity index (χ1v) is 7.95. The van der Waals surface area contributed by atoms with Gasteiger partial charge in [0.2, 0.25) is 5.95 Å². The molecule has 0 saturated heterocycles. The van der Waals surface area contributed by atoms with Gasteiger partial charge in [-0.25, -0.2) is 9.97 Å². The number of hydrogen-bond donors (Lipinski definition) is 2. The smallest absolute Gasteiger partial charge is 0.258 e. The fourth-order valence-corrected chi connectivity index (χ4v) is 2.47. The highest BCUT2D eigenvalue weighted by Crippen LogP contribution is 2.27. The predicted octanol–water partition coefficient (Wildman–Crippen LogP) is 4.21. The molecule has 2 N–H and O–H groups in total. The normalized spacial score (nSPS) is 11.9. The summed E-state index contributed by atoms with van der Waals surface area (Å²) in [7, 11) is 0. The molecule has 122 valence electrons. The third-order valence-corrected chi connectivity index (χ3v) is 3.87. The van der Waals surface area contributed by atoms with Gasteiger partial charge in [0.1, 0.15) is 0 Å². The second-order valence-electron chi connectivity index (χ2n) is 5.64. The van der Waals surface area contributed by atoms with E-state index in [0.717, 1.165) is 17.5 Å². The van der Waals surface area contributed by atoms with Crippen LogP contribution < -0.4 is 10.6 Å². The summed E-state index contributed by atoms with van der Waals surface area (Å²) in [5, 5.41) is 6.50. The first kappa shape index (κ1) is 17.2. The molecule has 23 heavy (non-hydrogen) atoms.